The number of amides is 1. The number of rotatable bonds is 2. The summed E-state index contributed by atoms with van der Waals surface area (Å²) in [5, 5.41) is 0.911. The molecule has 1 aliphatic heterocycles. The molecule has 5 nitrogen and oxygen atoms in total. The molecule has 20 heavy (non-hydrogen) atoms. The largest absolute Gasteiger partial charge is 0.397 e. The molecular weight excluding hydrogens is 274 g/mol. The highest BCUT2D eigenvalue weighted by atomic mass is 32.1. The van der Waals surface area contributed by atoms with Gasteiger partial charge in [0.15, 0.2) is 0 Å². The Hall–Kier alpha value is -1.66. The average molecular weight is 291 g/mol. The van der Waals surface area contributed by atoms with Gasteiger partial charge in [-0.2, -0.15) is 0 Å². The molecule has 1 fully saturated rings. The van der Waals surface area contributed by atoms with Crippen LogP contribution in [0.5, 0.6) is 0 Å². The molecule has 3 rings (SSSR count). The van der Waals surface area contributed by atoms with Crippen molar-refractivity contribution in [2.75, 3.05) is 26.0 Å². The van der Waals surface area contributed by atoms with Crippen molar-refractivity contribution >= 4 is 33.0 Å². The Bertz CT molecular complexity index is 634. The molecule has 2 aromatic rings. The molecule has 0 aliphatic carbocycles. The summed E-state index contributed by atoms with van der Waals surface area (Å²) in [7, 11) is 1.85. The zero-order valence-electron chi connectivity index (χ0n) is 11.3. The van der Waals surface area contributed by atoms with Crippen LogP contribution >= 0.6 is 11.3 Å². The lowest BCUT2D eigenvalue weighted by atomic mass is 10.1. The first-order valence-corrected chi connectivity index (χ1v) is 7.47. The topological polar surface area (TPSA) is 68.5 Å². The highest BCUT2D eigenvalue weighted by Gasteiger charge is 2.26. The maximum absolute atomic E-state index is 12.6. The number of carbonyl (C=O) groups excluding carboxylic acids is 1. The van der Waals surface area contributed by atoms with Gasteiger partial charge in [0.05, 0.1) is 10.4 Å². The molecule has 0 atom stereocenters. The molecule has 0 unspecified atom stereocenters. The van der Waals surface area contributed by atoms with E-state index in [9.17, 15) is 4.79 Å². The minimum absolute atomic E-state index is 0.00407. The summed E-state index contributed by atoms with van der Waals surface area (Å²) in [6, 6.07) is 2.09. The standard InChI is InChI=1S/C14H17N3O2S/c1-17(9-3-6-19-7-4-9)14(18)13-12(15)10-2-5-16-8-11(10)20-13/h2,5,8-9H,3-4,6-7,15H2,1H3. The van der Waals surface area contributed by atoms with E-state index in [2.05, 4.69) is 4.98 Å². The minimum Gasteiger partial charge on any atom is -0.397 e. The molecule has 0 spiro atoms. The summed E-state index contributed by atoms with van der Waals surface area (Å²) < 4.78 is 6.29. The molecule has 0 saturated carbocycles. The summed E-state index contributed by atoms with van der Waals surface area (Å²) in [6.45, 7) is 1.43. The Labute approximate surface area is 121 Å². The number of aromatic nitrogens is 1. The first-order valence-electron chi connectivity index (χ1n) is 6.65. The van der Waals surface area contributed by atoms with E-state index in [1.54, 1.807) is 17.3 Å². The first-order chi connectivity index (χ1) is 9.68. The smallest absolute Gasteiger partial charge is 0.266 e. The second-order valence-electron chi connectivity index (χ2n) is 4.98. The summed E-state index contributed by atoms with van der Waals surface area (Å²) in [5.41, 5.74) is 6.68. The van der Waals surface area contributed by atoms with E-state index >= 15 is 0 Å². The fourth-order valence-corrected chi connectivity index (χ4v) is 3.60. The molecule has 0 aromatic carbocycles. The van der Waals surface area contributed by atoms with Gasteiger partial charge in [0.25, 0.3) is 5.91 Å². The quantitative estimate of drug-likeness (QED) is 0.920. The SMILES string of the molecule is CN(C(=O)c1sc2cnccc2c1N)C1CCOCC1. The Kier molecular flexibility index (Phi) is 3.58. The van der Waals surface area contributed by atoms with E-state index in [1.165, 1.54) is 11.3 Å². The number of carbonyl (C=O) groups is 1. The number of nitrogens with two attached hydrogens (primary N) is 1. The van der Waals surface area contributed by atoms with E-state index in [4.69, 9.17) is 10.5 Å². The van der Waals surface area contributed by atoms with Gasteiger partial charge in [0, 0.05) is 44.1 Å². The number of pyridine rings is 1. The van der Waals surface area contributed by atoms with Crippen LogP contribution in [0.1, 0.15) is 22.5 Å². The zero-order valence-corrected chi connectivity index (χ0v) is 12.2. The van der Waals surface area contributed by atoms with Gasteiger partial charge in [0.2, 0.25) is 0 Å². The number of ether oxygens (including phenoxy) is 1. The number of nitrogens with zero attached hydrogens (tertiary/aromatic N) is 2. The van der Waals surface area contributed by atoms with Crippen molar-refractivity contribution in [1.29, 1.82) is 0 Å². The number of hydrogen-bond donors (Lipinski definition) is 1. The number of nitrogen functional groups attached to an aromatic ring is 1. The van der Waals surface area contributed by atoms with Crippen molar-refractivity contribution in [2.24, 2.45) is 0 Å². The third kappa shape index (κ3) is 2.25. The van der Waals surface area contributed by atoms with Crippen LogP contribution in [0.25, 0.3) is 10.1 Å². The van der Waals surface area contributed by atoms with Crippen LogP contribution in [0.4, 0.5) is 5.69 Å². The van der Waals surface area contributed by atoms with Gasteiger partial charge in [-0.25, -0.2) is 0 Å². The van der Waals surface area contributed by atoms with Gasteiger partial charge in [0.1, 0.15) is 4.88 Å². The van der Waals surface area contributed by atoms with Gasteiger partial charge in [-0.15, -0.1) is 11.3 Å². The van der Waals surface area contributed by atoms with Crippen LogP contribution in [-0.4, -0.2) is 42.1 Å². The van der Waals surface area contributed by atoms with Crippen LogP contribution < -0.4 is 5.73 Å². The van der Waals surface area contributed by atoms with Crippen molar-refractivity contribution in [3.8, 4) is 0 Å². The third-order valence-electron chi connectivity index (χ3n) is 3.78. The number of thiophene rings is 1. The van der Waals surface area contributed by atoms with Crippen molar-refractivity contribution < 1.29 is 9.53 Å². The van der Waals surface area contributed by atoms with Crippen LogP contribution in [-0.2, 0) is 4.74 Å². The molecule has 1 aliphatic rings. The van der Waals surface area contributed by atoms with Gasteiger partial charge in [-0.1, -0.05) is 0 Å². The fraction of sp³-hybridized carbons (Fsp3) is 0.429. The highest BCUT2D eigenvalue weighted by Crippen LogP contribution is 2.34. The van der Waals surface area contributed by atoms with Crippen molar-refractivity contribution in [3.63, 3.8) is 0 Å². The maximum Gasteiger partial charge on any atom is 0.266 e. The van der Waals surface area contributed by atoms with Gasteiger partial charge >= 0.3 is 0 Å². The van der Waals surface area contributed by atoms with E-state index < -0.39 is 0 Å². The van der Waals surface area contributed by atoms with Crippen molar-refractivity contribution in [3.05, 3.63) is 23.3 Å². The van der Waals surface area contributed by atoms with Crippen LogP contribution in [0.3, 0.4) is 0 Å². The molecule has 6 heteroatoms. The Morgan fingerprint density at radius 1 is 1.50 bits per heavy atom. The van der Waals surface area contributed by atoms with Crippen molar-refractivity contribution in [2.45, 2.75) is 18.9 Å². The molecule has 2 aromatic heterocycles. The first kappa shape index (κ1) is 13.3. The lowest BCUT2D eigenvalue weighted by Crippen LogP contribution is -2.40. The average Bonchev–Trinajstić information content (AvgIpc) is 2.84. The van der Waals surface area contributed by atoms with E-state index in [-0.39, 0.29) is 11.9 Å². The predicted octanol–water partition coefficient (Wildman–Crippen LogP) is 2.13. The normalized spacial score (nSPS) is 16.4. The Morgan fingerprint density at radius 2 is 2.25 bits per heavy atom. The van der Waals surface area contributed by atoms with Crippen LogP contribution in [0, 0.1) is 0 Å². The summed E-state index contributed by atoms with van der Waals surface area (Å²) in [5.74, 6) is -0.00407. The van der Waals surface area contributed by atoms with Crippen LogP contribution in [0.2, 0.25) is 0 Å². The van der Waals surface area contributed by atoms with E-state index in [0.717, 1.165) is 22.9 Å². The van der Waals surface area contributed by atoms with Gasteiger partial charge in [-0.3, -0.25) is 9.78 Å². The molecule has 0 radical (unpaired) electrons. The zero-order chi connectivity index (χ0) is 14.1. The van der Waals surface area contributed by atoms with Crippen molar-refractivity contribution in [1.82, 2.24) is 9.88 Å². The fourth-order valence-electron chi connectivity index (χ4n) is 2.53. The molecule has 1 saturated heterocycles. The molecule has 1 amide bonds. The highest BCUT2D eigenvalue weighted by molar-refractivity contribution is 7.21. The van der Waals surface area contributed by atoms with Crippen LogP contribution in [0.15, 0.2) is 18.5 Å². The molecular formula is C14H17N3O2S. The van der Waals surface area contributed by atoms with Gasteiger partial charge in [-0.05, 0) is 18.9 Å². The maximum atomic E-state index is 12.6. The summed E-state index contributed by atoms with van der Waals surface area (Å²) in [6.07, 6.45) is 5.21. The molecule has 0 bridgehead atoms. The number of fused-ring (bicyclic) bond motifs is 1. The number of anilines is 1. The Balaban J connectivity index is 1.89. The summed E-state index contributed by atoms with van der Waals surface area (Å²) in [4.78, 5) is 19.1. The lowest BCUT2D eigenvalue weighted by Gasteiger charge is -2.31. The lowest BCUT2D eigenvalue weighted by molar-refractivity contribution is 0.0365. The van der Waals surface area contributed by atoms with E-state index in [1.807, 2.05) is 13.1 Å². The second kappa shape index (κ2) is 5.38. The van der Waals surface area contributed by atoms with Gasteiger partial charge < -0.3 is 15.4 Å². The second-order valence-corrected chi connectivity index (χ2v) is 6.03. The Morgan fingerprint density at radius 3 is 2.95 bits per heavy atom. The monoisotopic (exact) mass is 291 g/mol. The minimum atomic E-state index is -0.00407. The van der Waals surface area contributed by atoms with E-state index in [0.29, 0.717) is 23.8 Å². The number of hydrogen-bond acceptors (Lipinski definition) is 5. The third-order valence-corrected chi connectivity index (χ3v) is 4.93. The molecule has 2 N–H and O–H groups in total. The molecule has 106 valence electrons. The molecule has 3 heterocycles. The summed E-state index contributed by atoms with van der Waals surface area (Å²) >= 11 is 1.41. The predicted molar refractivity (Wildman–Crippen MR) is 80.0 cm³/mol.